The summed E-state index contributed by atoms with van der Waals surface area (Å²) < 4.78 is 5.20. The fourth-order valence-corrected chi connectivity index (χ4v) is 3.77. The molecule has 0 fully saturated rings. The van der Waals surface area contributed by atoms with E-state index in [4.69, 9.17) is 27.9 Å². The number of benzene rings is 3. The fraction of sp³-hybridized carbons (Fsp3) is 0.240. The van der Waals surface area contributed by atoms with Crippen molar-refractivity contribution in [3.63, 3.8) is 0 Å². The largest absolute Gasteiger partial charge is 0.508 e. The Bertz CT molecular complexity index is 1010. The lowest BCUT2D eigenvalue weighted by Gasteiger charge is -2.29. The Morgan fingerprint density at radius 3 is 2.44 bits per heavy atom. The van der Waals surface area contributed by atoms with Gasteiger partial charge in [-0.25, -0.2) is 0 Å². The van der Waals surface area contributed by atoms with Crippen LogP contribution < -0.4 is 5.32 Å². The summed E-state index contributed by atoms with van der Waals surface area (Å²) >= 11 is 12.4. The normalized spacial score (nSPS) is 11.9. The highest BCUT2D eigenvalue weighted by Crippen LogP contribution is 2.30. The number of phenolic OH excluding ortho intramolecular Hbond substituents is 1. The van der Waals surface area contributed by atoms with Crippen molar-refractivity contribution in [3.8, 4) is 5.75 Å². The third kappa shape index (κ3) is 7.16. The van der Waals surface area contributed by atoms with E-state index in [9.17, 15) is 9.90 Å². The number of phenols is 1. The number of carbonyl (C=O) groups is 1. The van der Waals surface area contributed by atoms with Crippen LogP contribution >= 0.6 is 23.2 Å². The smallest absolute Gasteiger partial charge is 0.320 e. The predicted molar refractivity (Wildman–Crippen MR) is 129 cm³/mol. The van der Waals surface area contributed by atoms with Gasteiger partial charge in [-0.05, 0) is 42.3 Å². The van der Waals surface area contributed by atoms with Crippen molar-refractivity contribution in [2.24, 2.45) is 0 Å². The molecule has 3 aromatic rings. The highest BCUT2D eigenvalue weighted by Gasteiger charge is 2.20. The average Bonchev–Trinajstić information content (AvgIpc) is 2.76. The van der Waals surface area contributed by atoms with Gasteiger partial charge in [-0.3, -0.25) is 9.69 Å². The summed E-state index contributed by atoms with van der Waals surface area (Å²) in [5.74, 6) is -0.183. The lowest BCUT2D eigenvalue weighted by molar-refractivity contribution is -0.144. The summed E-state index contributed by atoms with van der Waals surface area (Å²) in [5, 5.41) is 14.2. The number of ether oxygens (including phenoxy) is 1. The van der Waals surface area contributed by atoms with Gasteiger partial charge in [-0.1, -0.05) is 65.7 Å². The number of nitrogens with one attached hydrogen (secondary N) is 1. The van der Waals surface area contributed by atoms with Gasteiger partial charge < -0.3 is 15.2 Å². The van der Waals surface area contributed by atoms with Gasteiger partial charge in [0.1, 0.15) is 5.75 Å². The summed E-state index contributed by atoms with van der Waals surface area (Å²) in [6.07, 6.45) is 0. The molecule has 1 atom stereocenters. The maximum Gasteiger partial charge on any atom is 0.320 e. The molecule has 0 spiro atoms. The Kier molecular flexibility index (Phi) is 8.80. The van der Waals surface area contributed by atoms with E-state index in [0.717, 1.165) is 11.1 Å². The lowest BCUT2D eigenvalue weighted by atomic mass is 10.0. The Labute approximate surface area is 198 Å². The van der Waals surface area contributed by atoms with E-state index >= 15 is 0 Å². The third-order valence-corrected chi connectivity index (χ3v) is 5.47. The molecule has 0 saturated heterocycles. The van der Waals surface area contributed by atoms with Crippen LogP contribution in [0.3, 0.4) is 0 Å². The first-order valence-corrected chi connectivity index (χ1v) is 11.1. The van der Waals surface area contributed by atoms with Gasteiger partial charge in [0.2, 0.25) is 0 Å². The molecule has 0 saturated carbocycles. The second-order valence-electron chi connectivity index (χ2n) is 7.37. The first-order chi connectivity index (χ1) is 15.4. The zero-order valence-corrected chi connectivity index (χ0v) is 19.3. The topological polar surface area (TPSA) is 61.8 Å². The van der Waals surface area contributed by atoms with Crippen LogP contribution in [0.1, 0.15) is 24.1 Å². The van der Waals surface area contributed by atoms with Gasteiger partial charge in [0, 0.05) is 24.2 Å². The number of rotatable bonds is 10. The Morgan fingerprint density at radius 1 is 1.06 bits per heavy atom. The molecule has 0 aliphatic carbocycles. The van der Waals surface area contributed by atoms with E-state index in [0.29, 0.717) is 35.4 Å². The summed E-state index contributed by atoms with van der Waals surface area (Å²) in [7, 11) is 0. The molecule has 3 rings (SSSR count). The van der Waals surface area contributed by atoms with Gasteiger partial charge in [0.15, 0.2) is 0 Å². The van der Waals surface area contributed by atoms with Crippen LogP contribution in [-0.2, 0) is 16.1 Å². The number of anilines is 1. The zero-order chi connectivity index (χ0) is 22.9. The van der Waals surface area contributed by atoms with Gasteiger partial charge in [0.05, 0.1) is 29.9 Å². The molecule has 1 unspecified atom stereocenters. The van der Waals surface area contributed by atoms with Crippen molar-refractivity contribution < 1.29 is 14.6 Å². The third-order valence-electron chi connectivity index (χ3n) is 4.90. The number of aromatic hydroxyl groups is 1. The monoisotopic (exact) mass is 472 g/mol. The van der Waals surface area contributed by atoms with Gasteiger partial charge in [-0.2, -0.15) is 0 Å². The van der Waals surface area contributed by atoms with Crippen LogP contribution in [0, 0.1) is 0 Å². The standard InChI is InChI=1S/C25H26Cl2N2O3/c1-2-32-25(31)17-29(15-18-6-4-3-5-7-18)16-24(19-8-10-20(26)11-9-19)28-23-13-12-21(30)14-22(23)27/h3-14,24,28,30H,2,15-17H2,1H3. The SMILES string of the molecule is CCOC(=O)CN(Cc1ccccc1)CC(Nc1ccc(O)cc1Cl)c1ccc(Cl)cc1. The summed E-state index contributed by atoms with van der Waals surface area (Å²) in [6, 6.07) is 22.1. The minimum absolute atomic E-state index is 0.0941. The Hall–Kier alpha value is -2.73. The fourth-order valence-electron chi connectivity index (χ4n) is 3.41. The molecule has 0 amide bonds. The lowest BCUT2D eigenvalue weighted by Crippen LogP contribution is -2.36. The molecule has 0 radical (unpaired) electrons. The summed E-state index contributed by atoms with van der Waals surface area (Å²) in [6.45, 7) is 3.36. The molecule has 0 aromatic heterocycles. The molecule has 0 aliphatic rings. The number of esters is 1. The van der Waals surface area contributed by atoms with Crippen molar-refractivity contribution in [3.05, 3.63) is 94.0 Å². The van der Waals surface area contributed by atoms with Gasteiger partial charge in [0.25, 0.3) is 0 Å². The highest BCUT2D eigenvalue weighted by atomic mass is 35.5. The first-order valence-electron chi connectivity index (χ1n) is 10.4. The number of hydrogen-bond acceptors (Lipinski definition) is 5. The first kappa shape index (κ1) is 23.9. The van der Waals surface area contributed by atoms with Gasteiger partial charge >= 0.3 is 5.97 Å². The van der Waals surface area contributed by atoms with Crippen molar-refractivity contribution in [2.75, 3.05) is 25.0 Å². The molecule has 2 N–H and O–H groups in total. The van der Waals surface area contributed by atoms with Crippen LogP contribution in [0.15, 0.2) is 72.8 Å². The number of hydrogen-bond donors (Lipinski definition) is 2. The van der Waals surface area contributed by atoms with Gasteiger partial charge in [-0.15, -0.1) is 0 Å². The second kappa shape index (κ2) is 11.8. The molecule has 0 bridgehead atoms. The van der Waals surface area contributed by atoms with Crippen LogP contribution in [0.25, 0.3) is 0 Å². The minimum Gasteiger partial charge on any atom is -0.508 e. The molecular weight excluding hydrogens is 447 g/mol. The molecule has 0 aliphatic heterocycles. The molecular formula is C25H26Cl2N2O3. The molecule has 3 aromatic carbocycles. The maximum atomic E-state index is 12.3. The second-order valence-corrected chi connectivity index (χ2v) is 8.22. The van der Waals surface area contributed by atoms with Crippen LogP contribution in [-0.4, -0.2) is 35.7 Å². The van der Waals surface area contributed by atoms with Crippen molar-refractivity contribution >= 4 is 34.9 Å². The maximum absolute atomic E-state index is 12.3. The molecule has 32 heavy (non-hydrogen) atoms. The van der Waals surface area contributed by atoms with E-state index < -0.39 is 0 Å². The molecule has 0 heterocycles. The molecule has 5 nitrogen and oxygen atoms in total. The van der Waals surface area contributed by atoms with E-state index in [1.165, 1.54) is 6.07 Å². The van der Waals surface area contributed by atoms with E-state index in [-0.39, 0.29) is 24.3 Å². The number of halogens is 2. The summed E-state index contributed by atoms with van der Waals surface area (Å²) in [5.41, 5.74) is 2.76. The van der Waals surface area contributed by atoms with Crippen molar-refractivity contribution in [1.82, 2.24) is 4.90 Å². The predicted octanol–water partition coefficient (Wildman–Crippen LogP) is 5.92. The van der Waals surface area contributed by atoms with Crippen molar-refractivity contribution in [1.29, 1.82) is 0 Å². The zero-order valence-electron chi connectivity index (χ0n) is 17.8. The highest BCUT2D eigenvalue weighted by molar-refractivity contribution is 6.33. The quantitative estimate of drug-likeness (QED) is 0.283. The van der Waals surface area contributed by atoms with E-state index in [1.807, 2.05) is 59.5 Å². The molecule has 168 valence electrons. The van der Waals surface area contributed by atoms with E-state index in [1.54, 1.807) is 19.1 Å². The number of nitrogens with zero attached hydrogens (tertiary/aromatic N) is 1. The Balaban J connectivity index is 1.88. The Morgan fingerprint density at radius 2 is 1.78 bits per heavy atom. The van der Waals surface area contributed by atoms with E-state index in [2.05, 4.69) is 5.32 Å². The van der Waals surface area contributed by atoms with Crippen LogP contribution in [0.2, 0.25) is 10.0 Å². The van der Waals surface area contributed by atoms with Crippen LogP contribution in [0.4, 0.5) is 5.69 Å². The number of carbonyl (C=O) groups excluding carboxylic acids is 1. The minimum atomic E-state index is -0.277. The summed E-state index contributed by atoms with van der Waals surface area (Å²) in [4.78, 5) is 14.3. The molecule has 7 heteroatoms. The van der Waals surface area contributed by atoms with Crippen LogP contribution in [0.5, 0.6) is 5.75 Å². The van der Waals surface area contributed by atoms with Crippen molar-refractivity contribution in [2.45, 2.75) is 19.5 Å². The average molecular weight is 473 g/mol.